The van der Waals surface area contributed by atoms with E-state index in [2.05, 4.69) is 24.5 Å². The number of aromatic hydroxyl groups is 1. The van der Waals surface area contributed by atoms with Crippen LogP contribution in [-0.2, 0) is 19.1 Å². The fraction of sp³-hybridized carbons (Fsp3) is 0.400. The Kier molecular flexibility index (Phi) is 10.1. The molecule has 4 aliphatic carbocycles. The Bertz CT molecular complexity index is 2300. The van der Waals surface area contributed by atoms with Gasteiger partial charge in [-0.3, -0.25) is 19.2 Å². The number of carbonyl (C=O) groups excluding carboxylic acids is 5. The SMILES string of the molecule is CC(=O)OC1C(CO)=CC2C(=O)C3(C=C(C)C(OC(=O)c4ccccc4NC(=O)c4cccc(O)c4NC(=O)c4ccccc4N(C)C)C13O)C(C)CC1C2C1(C)C. The fourth-order valence-electron chi connectivity index (χ4n) is 10.1. The summed E-state index contributed by atoms with van der Waals surface area (Å²) in [7, 11) is 3.56. The van der Waals surface area contributed by atoms with Crippen LogP contribution in [0.3, 0.4) is 0 Å². The van der Waals surface area contributed by atoms with Gasteiger partial charge >= 0.3 is 11.9 Å². The summed E-state index contributed by atoms with van der Waals surface area (Å²) in [5, 5.41) is 40.2. The monoisotopic (exact) mass is 791 g/mol. The number of benzene rings is 3. The molecule has 0 aliphatic heterocycles. The molecule has 13 nitrogen and oxygen atoms in total. The summed E-state index contributed by atoms with van der Waals surface area (Å²) >= 11 is 0. The van der Waals surface area contributed by atoms with Crippen LogP contribution < -0.4 is 15.5 Å². The second kappa shape index (κ2) is 14.5. The van der Waals surface area contributed by atoms with E-state index in [1.54, 1.807) is 74.5 Å². The molecule has 5 N–H and O–H groups in total. The maximum absolute atomic E-state index is 15.0. The van der Waals surface area contributed by atoms with E-state index in [1.165, 1.54) is 37.3 Å². The molecule has 2 saturated carbocycles. The second-order valence-corrected chi connectivity index (χ2v) is 16.8. The number of aliphatic hydroxyl groups excluding tert-OH is 1. The molecule has 2 amide bonds. The van der Waals surface area contributed by atoms with Crippen molar-refractivity contribution < 1.29 is 48.8 Å². The van der Waals surface area contributed by atoms with Crippen molar-refractivity contribution in [3.8, 4) is 5.75 Å². The highest BCUT2D eigenvalue weighted by molar-refractivity contribution is 6.16. The minimum absolute atomic E-state index is 0.00652. The minimum Gasteiger partial charge on any atom is -0.506 e. The van der Waals surface area contributed by atoms with E-state index in [1.807, 2.05) is 6.92 Å². The van der Waals surface area contributed by atoms with Gasteiger partial charge in [0.2, 0.25) is 0 Å². The molecule has 0 heterocycles. The third-order valence-electron chi connectivity index (χ3n) is 12.9. The van der Waals surface area contributed by atoms with Crippen molar-refractivity contribution in [2.75, 3.05) is 36.2 Å². The van der Waals surface area contributed by atoms with E-state index in [4.69, 9.17) is 9.47 Å². The largest absolute Gasteiger partial charge is 0.506 e. The van der Waals surface area contributed by atoms with Crippen molar-refractivity contribution in [2.24, 2.45) is 34.5 Å². The number of aliphatic hydroxyl groups is 2. The number of para-hydroxylation sites is 3. The van der Waals surface area contributed by atoms with E-state index in [9.17, 15) is 39.3 Å². The number of rotatable bonds is 9. The minimum atomic E-state index is -2.35. The van der Waals surface area contributed by atoms with Crippen LogP contribution in [0.1, 0.15) is 72.1 Å². The number of ketones is 1. The van der Waals surface area contributed by atoms with E-state index in [0.717, 1.165) is 0 Å². The van der Waals surface area contributed by atoms with Crippen molar-refractivity contribution >= 4 is 46.6 Å². The molecule has 0 radical (unpaired) electrons. The van der Waals surface area contributed by atoms with Gasteiger partial charge in [0.1, 0.15) is 5.75 Å². The first-order valence-electron chi connectivity index (χ1n) is 19.4. The number of esters is 2. The molecule has 7 rings (SSSR count). The zero-order valence-corrected chi connectivity index (χ0v) is 33.5. The van der Waals surface area contributed by atoms with Gasteiger partial charge in [-0.05, 0) is 84.1 Å². The van der Waals surface area contributed by atoms with Crippen LogP contribution in [0.25, 0.3) is 0 Å². The first-order valence-corrected chi connectivity index (χ1v) is 19.4. The topological polar surface area (TPSA) is 192 Å². The van der Waals surface area contributed by atoms with E-state index >= 15 is 0 Å². The molecule has 2 fully saturated rings. The number of fused-ring (bicyclic) bond motifs is 3. The number of amides is 2. The lowest BCUT2D eigenvalue weighted by Crippen LogP contribution is -2.66. The Morgan fingerprint density at radius 2 is 1.52 bits per heavy atom. The van der Waals surface area contributed by atoms with Crippen LogP contribution in [0, 0.1) is 34.5 Å². The lowest BCUT2D eigenvalue weighted by atomic mass is 9.59. The van der Waals surface area contributed by atoms with Gasteiger partial charge in [0.25, 0.3) is 11.8 Å². The summed E-state index contributed by atoms with van der Waals surface area (Å²) in [6, 6.07) is 17.0. The zero-order valence-electron chi connectivity index (χ0n) is 33.5. The Morgan fingerprint density at radius 1 is 0.879 bits per heavy atom. The normalized spacial score (nSPS) is 28.9. The highest BCUT2D eigenvalue weighted by Crippen LogP contribution is 2.72. The highest BCUT2D eigenvalue weighted by atomic mass is 16.6. The van der Waals surface area contributed by atoms with E-state index in [-0.39, 0.29) is 56.9 Å². The molecule has 58 heavy (non-hydrogen) atoms. The standard InChI is InChI=1S/C45H49N3O10/c1-23-21-44-24(2)19-31-35(43(31,4)5)30(37(44)52)20-26(22-49)39(57-25(3)50)45(44,56)38(23)58-42(55)27-13-8-10-16-32(27)46-41(54)29-15-12-18-34(51)36(29)47-40(53)28-14-9-11-17-33(28)48(6)7/h8-18,20-21,24,30-31,35,38-39,49,51,56H,19,22H2,1-7H3,(H,46,54)(H,47,53). The predicted molar refractivity (Wildman–Crippen MR) is 215 cm³/mol. The lowest BCUT2D eigenvalue weighted by molar-refractivity contribution is -0.203. The Labute approximate surface area is 336 Å². The van der Waals surface area contributed by atoms with Gasteiger partial charge in [-0.2, -0.15) is 0 Å². The lowest BCUT2D eigenvalue weighted by Gasteiger charge is -2.49. The van der Waals surface area contributed by atoms with Crippen molar-refractivity contribution in [2.45, 2.75) is 58.8 Å². The summed E-state index contributed by atoms with van der Waals surface area (Å²) in [4.78, 5) is 71.2. The molecule has 3 aromatic carbocycles. The van der Waals surface area contributed by atoms with Gasteiger partial charge in [0, 0.05) is 32.6 Å². The molecule has 13 heteroatoms. The van der Waals surface area contributed by atoms with E-state index in [0.29, 0.717) is 23.2 Å². The summed E-state index contributed by atoms with van der Waals surface area (Å²) in [5.41, 5.74) is -3.13. The number of nitrogens with zero attached hydrogens (tertiary/aromatic N) is 1. The van der Waals surface area contributed by atoms with E-state index < -0.39 is 65.4 Å². The maximum Gasteiger partial charge on any atom is 0.340 e. The molecule has 1 spiro atoms. The first-order chi connectivity index (χ1) is 27.4. The molecule has 304 valence electrons. The average Bonchev–Trinajstić information content (AvgIpc) is 3.67. The third kappa shape index (κ3) is 6.18. The summed E-state index contributed by atoms with van der Waals surface area (Å²) in [5.74, 6) is -4.82. The summed E-state index contributed by atoms with van der Waals surface area (Å²) in [6.45, 7) is 8.27. The molecular weight excluding hydrogens is 743 g/mol. The molecule has 8 unspecified atom stereocenters. The van der Waals surface area contributed by atoms with Gasteiger partial charge in [0.15, 0.2) is 23.6 Å². The number of hydrogen-bond acceptors (Lipinski definition) is 11. The zero-order chi connectivity index (χ0) is 42.1. The van der Waals surface area contributed by atoms with Crippen molar-refractivity contribution in [1.29, 1.82) is 0 Å². The first kappa shape index (κ1) is 40.4. The van der Waals surface area contributed by atoms with Gasteiger partial charge in [-0.15, -0.1) is 0 Å². The van der Waals surface area contributed by atoms with Crippen LogP contribution in [0.4, 0.5) is 17.1 Å². The van der Waals surface area contributed by atoms with Crippen LogP contribution in [0.2, 0.25) is 0 Å². The van der Waals surface area contributed by atoms with Crippen LogP contribution in [-0.4, -0.2) is 83.4 Å². The van der Waals surface area contributed by atoms with Crippen molar-refractivity contribution in [3.63, 3.8) is 0 Å². The molecule has 8 atom stereocenters. The quantitative estimate of drug-likeness (QED) is 0.104. The highest BCUT2D eigenvalue weighted by Gasteiger charge is 2.77. The molecule has 0 saturated heterocycles. The number of carbonyl (C=O) groups is 5. The van der Waals surface area contributed by atoms with Gasteiger partial charge in [-0.1, -0.05) is 63.3 Å². The number of anilines is 3. The van der Waals surface area contributed by atoms with Gasteiger partial charge in [0.05, 0.1) is 40.1 Å². The number of phenolic OH excluding ortho intramolecular Hbond substituents is 1. The molecule has 3 aromatic rings. The van der Waals surface area contributed by atoms with Gasteiger partial charge in [-0.25, -0.2) is 4.79 Å². The number of Topliss-reactive ketones (excluding diaryl/α,β-unsaturated/α-hetero) is 1. The van der Waals surface area contributed by atoms with Crippen LogP contribution in [0.15, 0.2) is 90.0 Å². The Morgan fingerprint density at radius 3 is 2.19 bits per heavy atom. The second-order valence-electron chi connectivity index (χ2n) is 16.8. The van der Waals surface area contributed by atoms with Crippen LogP contribution >= 0.6 is 0 Å². The van der Waals surface area contributed by atoms with Gasteiger partial charge < -0.3 is 40.3 Å². The summed E-state index contributed by atoms with van der Waals surface area (Å²) in [6.07, 6.45) is 0.819. The number of hydrogen-bond donors (Lipinski definition) is 5. The third-order valence-corrected chi connectivity index (χ3v) is 12.9. The predicted octanol–water partition coefficient (Wildman–Crippen LogP) is 5.53. The molecular formula is C45H49N3O10. The maximum atomic E-state index is 15.0. The fourth-order valence-corrected chi connectivity index (χ4v) is 10.1. The number of ether oxygens (including phenoxy) is 2. The van der Waals surface area contributed by atoms with Crippen molar-refractivity contribution in [1.82, 2.24) is 0 Å². The van der Waals surface area contributed by atoms with Crippen molar-refractivity contribution in [3.05, 3.63) is 107 Å². The Balaban J connectivity index is 1.22. The molecule has 4 aliphatic rings. The number of allylic oxidation sites excluding steroid dienone is 1. The van der Waals surface area contributed by atoms with Crippen LogP contribution in [0.5, 0.6) is 5.75 Å². The molecule has 2 bridgehead atoms. The Hall–Kier alpha value is -5.79. The molecule has 0 aromatic heterocycles. The number of phenols is 1. The number of nitrogens with one attached hydrogen (secondary N) is 2. The average molecular weight is 792 g/mol. The summed E-state index contributed by atoms with van der Waals surface area (Å²) < 4.78 is 12.0. The smallest absolute Gasteiger partial charge is 0.340 e.